The Hall–Kier alpha value is -1.43. The highest BCUT2D eigenvalue weighted by Gasteiger charge is 2.11. The molecule has 0 saturated carbocycles. The van der Waals surface area contributed by atoms with E-state index in [-0.39, 0.29) is 5.91 Å². The van der Waals surface area contributed by atoms with Gasteiger partial charge >= 0.3 is 0 Å². The van der Waals surface area contributed by atoms with Crippen molar-refractivity contribution in [3.8, 4) is 0 Å². The molecule has 1 aliphatic heterocycles. The Morgan fingerprint density at radius 3 is 2.90 bits per heavy atom. The predicted octanol–water partition coefficient (Wildman–Crippen LogP) is 1.51. The van der Waals surface area contributed by atoms with Gasteiger partial charge < -0.3 is 4.74 Å². The van der Waals surface area contributed by atoms with Crippen LogP contribution in [0.25, 0.3) is 0 Å². The molecule has 1 fully saturated rings. The highest BCUT2D eigenvalue weighted by Crippen LogP contribution is 2.11. The van der Waals surface area contributed by atoms with Crippen LogP contribution in [0.2, 0.25) is 5.02 Å². The first-order valence-electron chi connectivity index (χ1n) is 6.62. The molecule has 6 heteroatoms. The Kier molecular flexibility index (Phi) is 5.98. The van der Waals surface area contributed by atoms with Gasteiger partial charge in [0.05, 0.1) is 19.4 Å². The number of benzene rings is 1. The number of rotatable bonds is 5. The molecule has 20 heavy (non-hydrogen) atoms. The lowest BCUT2D eigenvalue weighted by atomic mass is 10.2. The van der Waals surface area contributed by atoms with E-state index in [4.69, 9.17) is 16.3 Å². The second kappa shape index (κ2) is 7.99. The van der Waals surface area contributed by atoms with Crippen molar-refractivity contribution < 1.29 is 9.53 Å². The molecule has 5 nitrogen and oxygen atoms in total. The third kappa shape index (κ3) is 4.92. The molecule has 1 aliphatic rings. The van der Waals surface area contributed by atoms with Gasteiger partial charge in [-0.3, -0.25) is 9.69 Å². The number of halogens is 1. The Balaban J connectivity index is 1.70. The van der Waals surface area contributed by atoms with Gasteiger partial charge in [0.1, 0.15) is 0 Å². The first-order chi connectivity index (χ1) is 9.75. The maximum Gasteiger partial charge on any atom is 0.241 e. The fourth-order valence-electron chi connectivity index (χ4n) is 1.89. The van der Waals surface area contributed by atoms with Crippen molar-refractivity contribution in [1.82, 2.24) is 10.3 Å². The van der Waals surface area contributed by atoms with Crippen molar-refractivity contribution >= 4 is 23.7 Å². The lowest BCUT2D eigenvalue weighted by Crippen LogP contribution is -2.38. The van der Waals surface area contributed by atoms with E-state index in [2.05, 4.69) is 15.4 Å². The van der Waals surface area contributed by atoms with E-state index in [0.717, 1.165) is 38.4 Å². The number of amides is 1. The van der Waals surface area contributed by atoms with E-state index < -0.39 is 0 Å². The fraction of sp³-hybridized carbons (Fsp3) is 0.429. The van der Waals surface area contributed by atoms with Crippen LogP contribution in [0.3, 0.4) is 0 Å². The average Bonchev–Trinajstić information content (AvgIpc) is 2.48. The predicted molar refractivity (Wildman–Crippen MR) is 79.1 cm³/mol. The number of hydrazone groups is 1. The van der Waals surface area contributed by atoms with Gasteiger partial charge in [-0.25, -0.2) is 5.43 Å². The minimum atomic E-state index is -0.0974. The highest BCUT2D eigenvalue weighted by atomic mass is 35.5. The molecule has 108 valence electrons. The Morgan fingerprint density at radius 1 is 1.40 bits per heavy atom. The lowest BCUT2D eigenvalue weighted by molar-refractivity contribution is -0.121. The average molecular weight is 296 g/mol. The van der Waals surface area contributed by atoms with Crippen molar-refractivity contribution in [2.24, 2.45) is 5.10 Å². The molecule has 0 unspecified atom stereocenters. The molecule has 2 rings (SSSR count). The number of carbonyl (C=O) groups is 1. The molecular formula is C14H18ClN3O2. The summed E-state index contributed by atoms with van der Waals surface area (Å²) in [5.74, 6) is -0.0974. The number of ether oxygens (including phenoxy) is 1. The quantitative estimate of drug-likeness (QED) is 0.662. The molecule has 0 bridgehead atoms. The largest absolute Gasteiger partial charge is 0.379 e. The minimum absolute atomic E-state index is 0.0974. The fourth-order valence-corrected chi connectivity index (χ4v) is 2.08. The van der Waals surface area contributed by atoms with Gasteiger partial charge in [-0.1, -0.05) is 29.8 Å². The van der Waals surface area contributed by atoms with Crippen molar-refractivity contribution in [1.29, 1.82) is 0 Å². The highest BCUT2D eigenvalue weighted by molar-refractivity contribution is 6.33. The van der Waals surface area contributed by atoms with E-state index in [0.29, 0.717) is 11.4 Å². The van der Waals surface area contributed by atoms with Crippen LogP contribution < -0.4 is 5.43 Å². The maximum absolute atomic E-state index is 11.6. The van der Waals surface area contributed by atoms with Gasteiger partial charge in [-0.2, -0.15) is 5.10 Å². The van der Waals surface area contributed by atoms with E-state index in [9.17, 15) is 4.79 Å². The van der Waals surface area contributed by atoms with Crippen LogP contribution in [-0.4, -0.2) is 49.9 Å². The summed E-state index contributed by atoms with van der Waals surface area (Å²) >= 11 is 5.98. The van der Waals surface area contributed by atoms with E-state index in [1.807, 2.05) is 18.2 Å². The zero-order valence-corrected chi connectivity index (χ0v) is 12.0. The molecule has 0 radical (unpaired) electrons. The van der Waals surface area contributed by atoms with Gasteiger partial charge in [0.2, 0.25) is 5.91 Å². The molecule has 0 atom stereocenters. The summed E-state index contributed by atoms with van der Waals surface area (Å²) in [6.45, 7) is 3.99. The normalized spacial score (nSPS) is 16.4. The first kappa shape index (κ1) is 15.0. The van der Waals surface area contributed by atoms with Gasteiger partial charge in [-0.05, 0) is 6.07 Å². The van der Waals surface area contributed by atoms with Crippen LogP contribution in [0.5, 0.6) is 0 Å². The molecule has 0 spiro atoms. The number of hydrogen-bond donors (Lipinski definition) is 1. The monoisotopic (exact) mass is 295 g/mol. The number of morpholine rings is 1. The standard InChI is InChI=1S/C14H18ClN3O2/c15-13-4-2-1-3-12(13)11-16-17-14(19)5-6-18-7-9-20-10-8-18/h1-4,11H,5-10H2,(H,17,19). The van der Waals surface area contributed by atoms with Gasteiger partial charge in [0.15, 0.2) is 0 Å². The topological polar surface area (TPSA) is 53.9 Å². The van der Waals surface area contributed by atoms with E-state index >= 15 is 0 Å². The molecule has 1 heterocycles. The molecule has 1 N–H and O–H groups in total. The summed E-state index contributed by atoms with van der Waals surface area (Å²) in [5, 5.41) is 4.52. The second-order valence-electron chi connectivity index (χ2n) is 4.52. The second-order valence-corrected chi connectivity index (χ2v) is 4.93. The van der Waals surface area contributed by atoms with Crippen molar-refractivity contribution in [2.45, 2.75) is 6.42 Å². The Morgan fingerprint density at radius 2 is 2.15 bits per heavy atom. The van der Waals surface area contributed by atoms with Crippen molar-refractivity contribution in [2.75, 3.05) is 32.8 Å². The molecule has 0 aromatic heterocycles. The van der Waals surface area contributed by atoms with Crippen LogP contribution in [0.15, 0.2) is 29.4 Å². The number of hydrogen-bond acceptors (Lipinski definition) is 4. The van der Waals surface area contributed by atoms with Crippen LogP contribution in [0, 0.1) is 0 Å². The lowest BCUT2D eigenvalue weighted by Gasteiger charge is -2.25. The van der Waals surface area contributed by atoms with Crippen molar-refractivity contribution in [3.05, 3.63) is 34.9 Å². The first-order valence-corrected chi connectivity index (χ1v) is 7.00. The maximum atomic E-state index is 11.6. The smallest absolute Gasteiger partial charge is 0.241 e. The van der Waals surface area contributed by atoms with Gasteiger partial charge in [0.25, 0.3) is 0 Å². The van der Waals surface area contributed by atoms with Crippen LogP contribution in [0.4, 0.5) is 0 Å². The van der Waals surface area contributed by atoms with Gasteiger partial charge in [0, 0.05) is 36.6 Å². The van der Waals surface area contributed by atoms with Crippen LogP contribution in [0.1, 0.15) is 12.0 Å². The molecule has 0 aliphatic carbocycles. The Labute approximate surface area is 123 Å². The molecule has 1 aromatic carbocycles. The minimum Gasteiger partial charge on any atom is -0.379 e. The van der Waals surface area contributed by atoms with Crippen LogP contribution in [-0.2, 0) is 9.53 Å². The number of carbonyl (C=O) groups excluding carboxylic acids is 1. The molecule has 1 saturated heterocycles. The summed E-state index contributed by atoms with van der Waals surface area (Å²) in [5.41, 5.74) is 3.29. The Bertz CT molecular complexity index is 473. The third-order valence-electron chi connectivity index (χ3n) is 3.06. The zero-order valence-electron chi connectivity index (χ0n) is 11.2. The summed E-state index contributed by atoms with van der Waals surface area (Å²) in [7, 11) is 0. The van der Waals surface area contributed by atoms with E-state index in [1.165, 1.54) is 0 Å². The summed E-state index contributed by atoms with van der Waals surface area (Å²) in [6.07, 6.45) is 1.98. The summed E-state index contributed by atoms with van der Waals surface area (Å²) in [6, 6.07) is 7.34. The summed E-state index contributed by atoms with van der Waals surface area (Å²) in [4.78, 5) is 13.9. The van der Waals surface area contributed by atoms with Crippen LogP contribution >= 0.6 is 11.6 Å². The van der Waals surface area contributed by atoms with Crippen molar-refractivity contribution in [3.63, 3.8) is 0 Å². The molecule has 1 amide bonds. The SMILES string of the molecule is O=C(CCN1CCOCC1)NN=Cc1ccccc1Cl. The van der Waals surface area contributed by atoms with Gasteiger partial charge in [-0.15, -0.1) is 0 Å². The van der Waals surface area contributed by atoms with E-state index in [1.54, 1.807) is 12.3 Å². The third-order valence-corrected chi connectivity index (χ3v) is 3.40. The zero-order chi connectivity index (χ0) is 14.2. The molecule has 1 aromatic rings. The summed E-state index contributed by atoms with van der Waals surface area (Å²) < 4.78 is 5.25. The molecular weight excluding hydrogens is 278 g/mol. The number of nitrogens with zero attached hydrogens (tertiary/aromatic N) is 2. The number of nitrogens with one attached hydrogen (secondary N) is 1.